The fourth-order valence-electron chi connectivity index (χ4n) is 11.6. The summed E-state index contributed by atoms with van der Waals surface area (Å²) in [6.45, 7) is 13.7. The van der Waals surface area contributed by atoms with Crippen molar-refractivity contribution in [3.63, 3.8) is 0 Å². The van der Waals surface area contributed by atoms with E-state index in [2.05, 4.69) is 89.9 Å². The molecule has 6 aromatic rings. The number of amides is 1. The monoisotopic (exact) mass is 1060 g/mol. The number of rotatable bonds is 18. The quantitative estimate of drug-likeness (QED) is 0.0466. The first-order valence-electron chi connectivity index (χ1n) is 26.2. The molecule has 10 rings (SSSR count). The maximum absolute atomic E-state index is 15.0. The fourth-order valence-corrected chi connectivity index (χ4v) is 12.6. The van der Waals surface area contributed by atoms with E-state index in [1.807, 2.05) is 12.1 Å². The molecule has 1 amide bonds. The van der Waals surface area contributed by atoms with Gasteiger partial charge in [-0.25, -0.2) is 22.5 Å². The summed E-state index contributed by atoms with van der Waals surface area (Å²) in [5.74, 6) is -0.488. The van der Waals surface area contributed by atoms with E-state index in [1.165, 1.54) is 28.8 Å². The van der Waals surface area contributed by atoms with Gasteiger partial charge >= 0.3 is 5.69 Å². The van der Waals surface area contributed by atoms with Crippen molar-refractivity contribution >= 4 is 44.2 Å². The van der Waals surface area contributed by atoms with Crippen molar-refractivity contribution in [3.05, 3.63) is 129 Å². The number of piperazine rings is 1. The van der Waals surface area contributed by atoms with Crippen LogP contribution < -0.4 is 29.1 Å². The normalized spacial score (nSPS) is 21.0. The number of anilines is 2. The Morgan fingerprint density at radius 1 is 1.03 bits per heavy atom. The summed E-state index contributed by atoms with van der Waals surface area (Å²) < 4.78 is 62.5. The molecule has 20 heteroatoms. The minimum atomic E-state index is -4.75. The molecule has 0 radical (unpaired) electrons. The Kier molecular flexibility index (Phi) is 14.7. The van der Waals surface area contributed by atoms with E-state index in [0.29, 0.717) is 44.2 Å². The number of benzene rings is 3. The summed E-state index contributed by atoms with van der Waals surface area (Å²) in [7, 11) is -3.06. The first-order chi connectivity index (χ1) is 36.4. The van der Waals surface area contributed by atoms with Crippen molar-refractivity contribution in [2.45, 2.75) is 101 Å². The zero-order valence-corrected chi connectivity index (χ0v) is 44.4. The van der Waals surface area contributed by atoms with E-state index < -0.39 is 42.9 Å². The van der Waals surface area contributed by atoms with Gasteiger partial charge in [-0.15, -0.1) is 0 Å². The molecule has 2 saturated heterocycles. The summed E-state index contributed by atoms with van der Waals surface area (Å²) in [5.41, 5.74) is 3.49. The Bertz CT molecular complexity index is 3220. The molecule has 402 valence electrons. The number of aromatic amines is 1. The molecule has 0 bridgehead atoms. The SMILES string of the molecule is CCOc1nc2[nH]cc(F)c2cc1Oc1cc(N2CC3(CC(N4CCN(Cc5ccc(OC)cc5)C[C@H]4c4ccccc4C(C)C)C3)C2)ccc1C(=O)NS(=O)(=O)c1cnc(NCC2CCC(C)(O)CC2)c([N+](=O)[O-])c1. The minimum Gasteiger partial charge on any atom is -0.497 e. The van der Waals surface area contributed by atoms with Crippen LogP contribution in [0.15, 0.2) is 96.2 Å². The highest BCUT2D eigenvalue weighted by Crippen LogP contribution is 2.54. The lowest BCUT2D eigenvalue weighted by Gasteiger charge is -2.63. The predicted molar refractivity (Wildman–Crippen MR) is 286 cm³/mol. The largest absolute Gasteiger partial charge is 0.497 e. The third kappa shape index (κ3) is 11.0. The number of carbonyl (C=O) groups excluding carboxylic acids is 1. The predicted octanol–water partition coefficient (Wildman–Crippen LogP) is 9.33. The summed E-state index contributed by atoms with van der Waals surface area (Å²) >= 11 is 0. The Labute approximate surface area is 442 Å². The van der Waals surface area contributed by atoms with Gasteiger partial charge in [0.2, 0.25) is 5.82 Å². The zero-order valence-electron chi connectivity index (χ0n) is 43.6. The Balaban J connectivity index is 0.873. The van der Waals surface area contributed by atoms with Crippen molar-refractivity contribution in [2.24, 2.45) is 11.3 Å². The highest BCUT2D eigenvalue weighted by atomic mass is 32.2. The van der Waals surface area contributed by atoms with Crippen LogP contribution in [0.5, 0.6) is 23.1 Å². The van der Waals surface area contributed by atoms with E-state index in [4.69, 9.17) is 14.2 Å². The van der Waals surface area contributed by atoms with E-state index >= 15 is 0 Å². The van der Waals surface area contributed by atoms with Crippen LogP contribution in [-0.4, -0.2) is 114 Å². The second-order valence-corrected chi connectivity index (χ2v) is 23.3. The van der Waals surface area contributed by atoms with Gasteiger partial charge in [0, 0.05) is 93.4 Å². The first-order valence-corrected chi connectivity index (χ1v) is 27.6. The molecule has 2 aliphatic carbocycles. The van der Waals surface area contributed by atoms with Gasteiger partial charge in [-0.3, -0.25) is 24.7 Å². The summed E-state index contributed by atoms with van der Waals surface area (Å²) in [5, 5.41) is 25.7. The molecule has 2 aliphatic heterocycles. The van der Waals surface area contributed by atoms with Gasteiger partial charge in [-0.05, 0) is 105 Å². The van der Waals surface area contributed by atoms with Crippen LogP contribution in [0.4, 0.5) is 21.6 Å². The number of halogens is 1. The third-order valence-corrected chi connectivity index (χ3v) is 17.1. The standard InChI is InChI=1S/C56H66FN9O9S/c1-6-74-54-50(25-45-46(57)30-60-51(45)61-54)75-49-23-38(13-16-44(49)53(67)62-76(71,72)41-24-47(66(69)70)52(59-29-41)58-28-36-17-19-55(4,68)20-18-36)64-33-56(34-64)26-39(27-56)65-22-21-63(31-37-11-14-40(73-5)15-12-37)32-48(65)43-10-8-7-9-42(43)35(2)3/h7-16,23-25,29-30,35-36,39,48,68H,6,17-22,26-28,31-34H2,1-5H3,(H,58,59)(H,60,61)(H,62,67)/t36?,48-,55?/m0/s1. The Morgan fingerprint density at radius 2 is 1.78 bits per heavy atom. The molecule has 2 saturated carbocycles. The summed E-state index contributed by atoms with van der Waals surface area (Å²) in [4.78, 5) is 43.9. The van der Waals surface area contributed by atoms with Crippen molar-refractivity contribution in [3.8, 4) is 23.1 Å². The number of methoxy groups -OCH3 is 1. The molecule has 4 aliphatic rings. The number of carbonyl (C=O) groups is 1. The average Bonchev–Trinajstić information content (AvgIpc) is 3.85. The highest BCUT2D eigenvalue weighted by Gasteiger charge is 2.55. The maximum atomic E-state index is 15.0. The Hall–Kier alpha value is -6.87. The van der Waals surface area contributed by atoms with Gasteiger partial charge in [-0.1, -0.05) is 50.2 Å². The van der Waals surface area contributed by atoms with Crippen LogP contribution >= 0.6 is 0 Å². The number of hydrogen-bond donors (Lipinski definition) is 4. The first kappa shape index (κ1) is 52.6. The number of H-pyrrole nitrogens is 1. The average molecular weight is 1060 g/mol. The lowest BCUT2D eigenvalue weighted by molar-refractivity contribution is -0.384. The van der Waals surface area contributed by atoms with Gasteiger partial charge in [0.25, 0.3) is 21.8 Å². The number of sulfonamides is 1. The van der Waals surface area contributed by atoms with Gasteiger partial charge in [-0.2, -0.15) is 4.98 Å². The van der Waals surface area contributed by atoms with Gasteiger partial charge in [0.05, 0.1) is 41.4 Å². The zero-order chi connectivity index (χ0) is 53.5. The van der Waals surface area contributed by atoms with Crippen LogP contribution in [-0.2, 0) is 16.6 Å². The van der Waals surface area contributed by atoms with E-state index in [0.717, 1.165) is 82.0 Å². The second-order valence-electron chi connectivity index (χ2n) is 21.6. The molecule has 1 spiro atoms. The smallest absolute Gasteiger partial charge is 0.312 e. The maximum Gasteiger partial charge on any atom is 0.312 e. The van der Waals surface area contributed by atoms with Crippen LogP contribution in [0.3, 0.4) is 0 Å². The topological polar surface area (TPSA) is 218 Å². The van der Waals surface area contributed by atoms with E-state index in [1.54, 1.807) is 33.1 Å². The van der Waals surface area contributed by atoms with E-state index in [-0.39, 0.29) is 63.8 Å². The molecule has 5 heterocycles. The molecule has 0 unspecified atom stereocenters. The van der Waals surface area contributed by atoms with Crippen LogP contribution in [0, 0.1) is 27.3 Å². The lowest BCUT2D eigenvalue weighted by Crippen LogP contribution is -2.68. The number of pyridine rings is 2. The summed E-state index contributed by atoms with van der Waals surface area (Å²) in [6.07, 6.45) is 6.75. The number of nitrogens with one attached hydrogen (secondary N) is 3. The number of hydrogen-bond acceptors (Lipinski definition) is 15. The number of aromatic nitrogens is 3. The molecule has 4 N–H and O–H groups in total. The Morgan fingerprint density at radius 3 is 2.49 bits per heavy atom. The van der Waals surface area contributed by atoms with Crippen molar-refractivity contribution in [1.82, 2.24) is 29.5 Å². The number of aliphatic hydroxyl groups is 1. The number of nitrogens with zero attached hydrogens (tertiary/aromatic N) is 6. The number of nitro groups is 1. The van der Waals surface area contributed by atoms with Crippen LogP contribution in [0.2, 0.25) is 0 Å². The minimum absolute atomic E-state index is 0.0111. The third-order valence-electron chi connectivity index (χ3n) is 15.8. The van der Waals surface area contributed by atoms with Crippen molar-refractivity contribution < 1.29 is 41.8 Å². The number of fused-ring (bicyclic) bond motifs is 1. The molecule has 18 nitrogen and oxygen atoms in total. The molecule has 3 aromatic heterocycles. The van der Waals surface area contributed by atoms with Crippen molar-refractivity contribution in [1.29, 1.82) is 0 Å². The van der Waals surface area contributed by atoms with Crippen molar-refractivity contribution in [2.75, 3.05) is 63.2 Å². The molecule has 76 heavy (non-hydrogen) atoms. The lowest BCUT2D eigenvalue weighted by atomic mass is 9.59. The van der Waals surface area contributed by atoms with Crippen LogP contribution in [0.25, 0.3) is 11.0 Å². The molecule has 1 atom stereocenters. The molecular formula is C56H66FN9O9S. The van der Waals surface area contributed by atoms with Gasteiger partial charge in [0.15, 0.2) is 5.75 Å². The van der Waals surface area contributed by atoms with E-state index in [9.17, 15) is 32.8 Å². The second kappa shape index (κ2) is 21.3. The summed E-state index contributed by atoms with van der Waals surface area (Å²) in [6, 6.07) is 24.9. The molecular weight excluding hydrogens is 994 g/mol. The fraction of sp³-hybridized carbons (Fsp3) is 0.446. The number of ether oxygens (including phenoxy) is 3. The molecule has 4 fully saturated rings. The van der Waals surface area contributed by atoms with Crippen LogP contribution in [0.1, 0.15) is 105 Å². The van der Waals surface area contributed by atoms with Gasteiger partial charge in [0.1, 0.15) is 27.9 Å². The van der Waals surface area contributed by atoms with Gasteiger partial charge < -0.3 is 34.5 Å². The highest BCUT2D eigenvalue weighted by molar-refractivity contribution is 7.90. The molecule has 3 aromatic carbocycles.